The highest BCUT2D eigenvalue weighted by molar-refractivity contribution is 5.70. The number of hydrogen-bond acceptors (Lipinski definition) is 4. The van der Waals surface area contributed by atoms with Crippen LogP contribution in [0.4, 0.5) is 10.3 Å². The molecule has 0 aliphatic heterocycles. The maximum Gasteiger partial charge on any atom is 0.306 e. The van der Waals surface area contributed by atoms with Gasteiger partial charge in [-0.2, -0.15) is 0 Å². The molecule has 27 heavy (non-hydrogen) atoms. The molecule has 2 aromatic rings. The van der Waals surface area contributed by atoms with E-state index >= 15 is 0 Å². The van der Waals surface area contributed by atoms with E-state index in [4.69, 9.17) is 0 Å². The fraction of sp³-hybridized carbons (Fsp3) is 0.476. The Morgan fingerprint density at radius 2 is 2.00 bits per heavy atom. The molecule has 0 saturated heterocycles. The summed E-state index contributed by atoms with van der Waals surface area (Å²) in [6.07, 6.45) is 7.80. The lowest BCUT2D eigenvalue weighted by Crippen LogP contribution is -2.31. The lowest BCUT2D eigenvalue weighted by molar-refractivity contribution is -0.142. The second kappa shape index (κ2) is 7.62. The standard InChI is InChI=1S/C21H24FN3O2/c22-18-12-23-21(24-17-9-3-8-16(11-17)20(26)27)25-19(18)15-7-2-6-14(10-15)13-4-1-5-13/h2,6-7,10,12-13,16-17H,1,3-5,8-9,11H2,(H,26,27)(H,23,24,25). The second-order valence-electron chi connectivity index (χ2n) is 7.69. The zero-order valence-electron chi connectivity index (χ0n) is 15.2. The number of rotatable bonds is 5. The fourth-order valence-electron chi connectivity index (χ4n) is 4.05. The van der Waals surface area contributed by atoms with Gasteiger partial charge in [0.15, 0.2) is 5.82 Å². The molecular weight excluding hydrogens is 345 g/mol. The monoisotopic (exact) mass is 369 g/mol. The van der Waals surface area contributed by atoms with Crippen LogP contribution >= 0.6 is 0 Å². The summed E-state index contributed by atoms with van der Waals surface area (Å²) >= 11 is 0. The summed E-state index contributed by atoms with van der Waals surface area (Å²) in [6, 6.07) is 7.95. The molecular formula is C21H24FN3O2. The normalized spacial score (nSPS) is 22.9. The van der Waals surface area contributed by atoms with E-state index in [0.717, 1.165) is 18.4 Å². The zero-order valence-corrected chi connectivity index (χ0v) is 15.2. The Morgan fingerprint density at radius 3 is 2.74 bits per heavy atom. The highest BCUT2D eigenvalue weighted by atomic mass is 19.1. The van der Waals surface area contributed by atoms with Crippen molar-refractivity contribution in [1.82, 2.24) is 9.97 Å². The smallest absolute Gasteiger partial charge is 0.306 e. The Morgan fingerprint density at radius 1 is 1.19 bits per heavy atom. The number of nitrogens with one attached hydrogen (secondary N) is 1. The van der Waals surface area contributed by atoms with Crippen molar-refractivity contribution in [3.63, 3.8) is 0 Å². The van der Waals surface area contributed by atoms with Crippen LogP contribution in [0.1, 0.15) is 56.4 Å². The number of benzene rings is 1. The van der Waals surface area contributed by atoms with Gasteiger partial charge in [0.1, 0.15) is 5.69 Å². The van der Waals surface area contributed by atoms with Crippen molar-refractivity contribution in [3.8, 4) is 11.3 Å². The van der Waals surface area contributed by atoms with Gasteiger partial charge in [0.2, 0.25) is 5.95 Å². The predicted molar refractivity (Wildman–Crippen MR) is 101 cm³/mol. The SMILES string of the molecule is O=C(O)C1CCCC(Nc2ncc(F)c(-c3cccc(C4CCC4)c3)n2)C1. The van der Waals surface area contributed by atoms with E-state index in [-0.39, 0.29) is 12.0 Å². The van der Waals surface area contributed by atoms with Gasteiger partial charge in [-0.3, -0.25) is 4.79 Å². The number of carboxylic acid groups (broad SMARTS) is 1. The summed E-state index contributed by atoms with van der Waals surface area (Å²) in [5, 5.41) is 12.4. The van der Waals surface area contributed by atoms with Crippen LogP contribution in [0.25, 0.3) is 11.3 Å². The Bertz CT molecular complexity index is 838. The summed E-state index contributed by atoms with van der Waals surface area (Å²) in [5.41, 5.74) is 2.29. The second-order valence-corrected chi connectivity index (χ2v) is 7.69. The van der Waals surface area contributed by atoms with E-state index in [9.17, 15) is 14.3 Å². The van der Waals surface area contributed by atoms with Crippen molar-refractivity contribution >= 4 is 11.9 Å². The number of anilines is 1. The molecule has 2 unspecified atom stereocenters. The van der Waals surface area contributed by atoms with Gasteiger partial charge in [0.05, 0.1) is 12.1 Å². The van der Waals surface area contributed by atoms with Crippen molar-refractivity contribution < 1.29 is 14.3 Å². The maximum absolute atomic E-state index is 14.4. The Balaban J connectivity index is 1.54. The van der Waals surface area contributed by atoms with Crippen LogP contribution < -0.4 is 5.32 Å². The zero-order chi connectivity index (χ0) is 18.8. The number of hydrogen-bond donors (Lipinski definition) is 2. The molecule has 6 heteroatoms. The van der Waals surface area contributed by atoms with Crippen LogP contribution in [0, 0.1) is 11.7 Å². The van der Waals surface area contributed by atoms with E-state index in [1.807, 2.05) is 18.2 Å². The van der Waals surface area contributed by atoms with E-state index in [1.54, 1.807) is 0 Å². The van der Waals surface area contributed by atoms with E-state index < -0.39 is 11.8 Å². The Labute approximate surface area is 158 Å². The molecule has 1 aromatic carbocycles. The molecule has 142 valence electrons. The third-order valence-corrected chi connectivity index (χ3v) is 5.84. The fourth-order valence-corrected chi connectivity index (χ4v) is 4.05. The van der Waals surface area contributed by atoms with Crippen LogP contribution in [0.2, 0.25) is 0 Å². The number of aliphatic carboxylic acids is 1. The molecule has 0 bridgehead atoms. The molecule has 5 nitrogen and oxygen atoms in total. The molecule has 2 aliphatic rings. The minimum absolute atomic E-state index is 0.000489. The maximum atomic E-state index is 14.4. The van der Waals surface area contributed by atoms with Gasteiger partial charge < -0.3 is 10.4 Å². The van der Waals surface area contributed by atoms with Gasteiger partial charge in [-0.1, -0.05) is 31.0 Å². The molecule has 2 N–H and O–H groups in total. The molecule has 2 aliphatic carbocycles. The average Bonchev–Trinajstić information content (AvgIpc) is 2.62. The van der Waals surface area contributed by atoms with Crippen LogP contribution in [0.5, 0.6) is 0 Å². The summed E-state index contributed by atoms with van der Waals surface area (Å²) in [4.78, 5) is 19.7. The van der Waals surface area contributed by atoms with Crippen LogP contribution in [0.3, 0.4) is 0 Å². The van der Waals surface area contributed by atoms with Crippen molar-refractivity contribution in [2.45, 2.75) is 56.9 Å². The summed E-state index contributed by atoms with van der Waals surface area (Å²) in [5.74, 6) is -0.608. The first-order chi connectivity index (χ1) is 13.1. The van der Waals surface area contributed by atoms with Gasteiger partial charge in [0, 0.05) is 11.6 Å². The van der Waals surface area contributed by atoms with Crippen LogP contribution in [0.15, 0.2) is 30.5 Å². The van der Waals surface area contributed by atoms with Crippen LogP contribution in [-0.4, -0.2) is 27.1 Å². The van der Waals surface area contributed by atoms with Crippen molar-refractivity contribution in [2.24, 2.45) is 5.92 Å². The number of carbonyl (C=O) groups is 1. The first kappa shape index (κ1) is 17.9. The molecule has 2 saturated carbocycles. The molecule has 4 rings (SSSR count). The lowest BCUT2D eigenvalue weighted by atomic mass is 9.79. The first-order valence-corrected chi connectivity index (χ1v) is 9.72. The van der Waals surface area contributed by atoms with Crippen molar-refractivity contribution in [2.75, 3.05) is 5.32 Å². The molecule has 1 heterocycles. The summed E-state index contributed by atoms with van der Waals surface area (Å²) in [6.45, 7) is 0. The van der Waals surface area contributed by atoms with Gasteiger partial charge >= 0.3 is 5.97 Å². The number of nitrogens with zero attached hydrogens (tertiary/aromatic N) is 2. The topological polar surface area (TPSA) is 75.1 Å². The van der Waals surface area contributed by atoms with Gasteiger partial charge in [0.25, 0.3) is 0 Å². The van der Waals surface area contributed by atoms with Gasteiger partial charge in [-0.25, -0.2) is 14.4 Å². The molecule has 0 spiro atoms. The quantitative estimate of drug-likeness (QED) is 0.805. The van der Waals surface area contributed by atoms with Gasteiger partial charge in [-0.05, 0) is 49.7 Å². The molecule has 2 fully saturated rings. The molecule has 0 radical (unpaired) electrons. The predicted octanol–water partition coefficient (Wildman–Crippen LogP) is 4.61. The average molecular weight is 369 g/mol. The third kappa shape index (κ3) is 3.94. The summed E-state index contributed by atoms with van der Waals surface area (Å²) < 4.78 is 14.4. The van der Waals surface area contributed by atoms with E-state index in [2.05, 4.69) is 21.4 Å². The highest BCUT2D eigenvalue weighted by Gasteiger charge is 2.27. The first-order valence-electron chi connectivity index (χ1n) is 9.72. The van der Waals surface area contributed by atoms with Gasteiger partial charge in [-0.15, -0.1) is 0 Å². The summed E-state index contributed by atoms with van der Waals surface area (Å²) in [7, 11) is 0. The number of carboxylic acids is 1. The van der Waals surface area contributed by atoms with Crippen molar-refractivity contribution in [1.29, 1.82) is 0 Å². The van der Waals surface area contributed by atoms with E-state index in [1.165, 1.54) is 31.0 Å². The lowest BCUT2D eigenvalue weighted by Gasteiger charge is -2.27. The largest absolute Gasteiger partial charge is 0.481 e. The number of halogens is 1. The minimum atomic E-state index is -0.755. The molecule has 2 atom stereocenters. The van der Waals surface area contributed by atoms with Crippen LogP contribution in [-0.2, 0) is 4.79 Å². The van der Waals surface area contributed by atoms with Crippen molar-refractivity contribution in [3.05, 3.63) is 41.8 Å². The number of aromatic nitrogens is 2. The third-order valence-electron chi connectivity index (χ3n) is 5.84. The molecule has 0 amide bonds. The Kier molecular flexibility index (Phi) is 5.05. The Hall–Kier alpha value is -2.50. The highest BCUT2D eigenvalue weighted by Crippen LogP contribution is 2.37. The minimum Gasteiger partial charge on any atom is -0.481 e. The van der Waals surface area contributed by atoms with E-state index in [0.29, 0.717) is 30.4 Å². The molecule has 1 aromatic heterocycles.